The molecule has 5 aromatic carbocycles. The Morgan fingerprint density at radius 3 is 1.50 bits per heavy atom. The van der Waals surface area contributed by atoms with E-state index >= 15 is 0 Å². The minimum atomic E-state index is -1.06. The number of anilines is 1. The summed E-state index contributed by atoms with van der Waals surface area (Å²) in [6.07, 6.45) is 1.87. The summed E-state index contributed by atoms with van der Waals surface area (Å²) in [6.45, 7) is 0.409. The van der Waals surface area contributed by atoms with Gasteiger partial charge in [0.05, 0.1) is 34.0 Å². The van der Waals surface area contributed by atoms with Crippen molar-refractivity contribution < 1.29 is 23.7 Å². The van der Waals surface area contributed by atoms with Crippen molar-refractivity contribution in [2.45, 2.75) is 37.1 Å². The molecule has 3 atom stereocenters. The van der Waals surface area contributed by atoms with Gasteiger partial charge >= 0.3 is 0 Å². The highest BCUT2D eigenvalue weighted by atomic mass is 16.5. The smallest absolute Gasteiger partial charge is 0.224 e. The Balaban J connectivity index is 1.44. The molecule has 56 heavy (non-hydrogen) atoms. The number of ether oxygens (including phenoxy) is 5. The number of hydrogen-bond donors (Lipinski definition) is 1. The number of rotatable bonds is 19. The lowest BCUT2D eigenvalue weighted by atomic mass is 9.80. The van der Waals surface area contributed by atoms with Gasteiger partial charge in [0.2, 0.25) is 10.9 Å². The summed E-state index contributed by atoms with van der Waals surface area (Å²) < 4.78 is 31.7. The number of hydrogen-bond acceptors (Lipinski definition) is 10. The Bertz CT molecular complexity index is 2020. The largest absolute Gasteiger partial charge is 0.497 e. The predicted molar refractivity (Wildman–Crippen MR) is 215 cm³/mol. The summed E-state index contributed by atoms with van der Waals surface area (Å²) in [5.74, 6) is 2.02. The van der Waals surface area contributed by atoms with Gasteiger partial charge in [-0.25, -0.2) is 9.97 Å². The van der Waals surface area contributed by atoms with Gasteiger partial charge in [-0.15, -0.1) is 0 Å². The second kappa shape index (κ2) is 19.4. The van der Waals surface area contributed by atoms with Crippen LogP contribution in [-0.2, 0) is 33.0 Å². The van der Waals surface area contributed by atoms with Crippen LogP contribution in [0, 0.1) is 5.53 Å². The molecule has 6 rings (SSSR count). The van der Waals surface area contributed by atoms with Crippen molar-refractivity contribution in [3.63, 3.8) is 0 Å². The first-order valence-corrected chi connectivity index (χ1v) is 18.3. The van der Waals surface area contributed by atoms with Gasteiger partial charge in [-0.1, -0.05) is 115 Å². The van der Waals surface area contributed by atoms with Crippen LogP contribution < -0.4 is 19.3 Å². The van der Waals surface area contributed by atoms with E-state index in [2.05, 4.69) is 56.4 Å². The van der Waals surface area contributed by atoms with E-state index in [4.69, 9.17) is 29.2 Å². The van der Waals surface area contributed by atoms with Crippen LogP contribution in [0.2, 0.25) is 0 Å². The fourth-order valence-corrected chi connectivity index (χ4v) is 6.56. The molecule has 0 aliphatic heterocycles. The first kappa shape index (κ1) is 39.5. The van der Waals surface area contributed by atoms with Crippen molar-refractivity contribution >= 4 is 5.95 Å². The van der Waals surface area contributed by atoms with Crippen LogP contribution in [0.3, 0.4) is 0 Å². The van der Waals surface area contributed by atoms with Crippen LogP contribution in [0.25, 0.3) is 0 Å². The Morgan fingerprint density at radius 1 is 0.643 bits per heavy atom. The van der Waals surface area contributed by atoms with E-state index in [0.717, 1.165) is 39.3 Å². The highest BCUT2D eigenvalue weighted by Gasteiger charge is 2.42. The molecule has 11 heteroatoms. The number of nitrogens with zero attached hydrogens (tertiary/aromatic N) is 5. The molecule has 11 nitrogen and oxygen atoms in total. The van der Waals surface area contributed by atoms with Gasteiger partial charge in [0.1, 0.15) is 40.0 Å². The van der Waals surface area contributed by atoms with E-state index in [1.807, 2.05) is 122 Å². The third kappa shape index (κ3) is 9.52. The minimum absolute atomic E-state index is 0.00657. The lowest BCUT2D eigenvalue weighted by Gasteiger charge is -2.37. The zero-order valence-electron chi connectivity index (χ0n) is 32.1. The third-order valence-corrected chi connectivity index (χ3v) is 9.47. The average molecular weight is 752 g/mol. The van der Waals surface area contributed by atoms with Crippen molar-refractivity contribution in [3.05, 3.63) is 185 Å². The average Bonchev–Trinajstić information content (AvgIpc) is 3.26. The molecule has 0 radical (unpaired) electrons. The van der Waals surface area contributed by atoms with Crippen molar-refractivity contribution in [3.8, 4) is 11.5 Å². The molecular formula is C45H47N6O5+. The van der Waals surface area contributed by atoms with Crippen LogP contribution >= 0.6 is 0 Å². The zero-order chi connectivity index (χ0) is 39.2. The number of aromatic nitrogens is 2. The van der Waals surface area contributed by atoms with Crippen LogP contribution in [0.1, 0.15) is 39.5 Å². The highest BCUT2D eigenvalue weighted by Crippen LogP contribution is 2.41. The predicted octanol–water partition coefficient (Wildman–Crippen LogP) is 8.33. The molecule has 0 saturated heterocycles. The molecule has 6 aromatic rings. The van der Waals surface area contributed by atoms with Gasteiger partial charge < -0.3 is 28.6 Å². The normalized spacial score (nSPS) is 12.9. The van der Waals surface area contributed by atoms with Gasteiger partial charge in [-0.3, -0.25) is 0 Å². The van der Waals surface area contributed by atoms with Crippen LogP contribution in [0.15, 0.2) is 157 Å². The van der Waals surface area contributed by atoms with Crippen molar-refractivity contribution in [2.24, 2.45) is 5.11 Å². The van der Waals surface area contributed by atoms with Crippen molar-refractivity contribution in [1.82, 2.24) is 14.9 Å². The molecule has 0 bridgehead atoms. The number of methoxy groups -OCH3 is 2. The standard InChI is InChI=1S/C45H47N6O5/c1-51(2)44-47-28-35(29-48-44)42(54-30-33-20-24-39(52-3)25-21-33)43(55-31-34-22-26-40(53-4)27-23-34)41(49-50-46)32-56-45(36-14-8-5-9-15-36,37-16-10-6-11-17-37)38-18-12-7-13-19-38/h5-29,41-43,46H,30-32H2,1-4H3/q+1/t41-,42+,43+/m0/s1. The number of benzene rings is 5. The molecule has 1 aromatic heterocycles. The molecule has 0 aliphatic carbocycles. The van der Waals surface area contributed by atoms with Gasteiger partial charge in [-0.2, -0.15) is 0 Å². The van der Waals surface area contributed by atoms with Crippen molar-refractivity contribution in [1.29, 1.82) is 5.53 Å². The zero-order valence-corrected chi connectivity index (χ0v) is 32.1. The fraction of sp³-hybridized carbons (Fsp3) is 0.244. The molecule has 1 heterocycles. The summed E-state index contributed by atoms with van der Waals surface area (Å²) >= 11 is 0. The first-order chi connectivity index (χ1) is 27.4. The maximum Gasteiger partial charge on any atom is 0.224 e. The maximum absolute atomic E-state index is 8.04. The molecular weight excluding hydrogens is 705 g/mol. The summed E-state index contributed by atoms with van der Waals surface area (Å²) in [6, 6.07) is 44.8. The van der Waals surface area contributed by atoms with Crippen LogP contribution in [0.5, 0.6) is 11.5 Å². The summed E-state index contributed by atoms with van der Waals surface area (Å²) in [7, 11) is 7.03. The SMILES string of the molecule is COc1ccc(CO[C@H]([C@H](COC(c2ccccc2)(c2ccccc2)c2ccccc2)N=[N+]=N)[C@H](OCc2ccc(OC)cc2)c2cnc(N(C)C)nc2)cc1. The molecule has 1 N–H and O–H groups in total. The topological polar surface area (TPSA) is 125 Å². The molecule has 286 valence electrons. The first-order valence-electron chi connectivity index (χ1n) is 18.3. The maximum atomic E-state index is 8.04. The molecule has 0 unspecified atom stereocenters. The summed E-state index contributed by atoms with van der Waals surface area (Å²) in [5, 5.41) is 4.49. The Hall–Kier alpha value is -6.23. The lowest BCUT2D eigenvalue weighted by Crippen LogP contribution is -2.42. The Morgan fingerprint density at radius 2 is 1.09 bits per heavy atom. The Labute approximate surface area is 328 Å². The van der Waals surface area contributed by atoms with Gasteiger partial charge in [-0.05, 0) is 52.1 Å². The summed E-state index contributed by atoms with van der Waals surface area (Å²) in [5.41, 5.74) is 12.2. The van der Waals surface area contributed by atoms with E-state index in [9.17, 15) is 0 Å². The second-order valence-corrected chi connectivity index (χ2v) is 13.3. The van der Waals surface area contributed by atoms with E-state index < -0.39 is 23.9 Å². The van der Waals surface area contributed by atoms with Gasteiger partial charge in [0, 0.05) is 32.1 Å². The second-order valence-electron chi connectivity index (χ2n) is 13.3. The van der Waals surface area contributed by atoms with E-state index in [-0.39, 0.29) is 19.8 Å². The monoisotopic (exact) mass is 751 g/mol. The van der Waals surface area contributed by atoms with Crippen molar-refractivity contribution in [2.75, 3.05) is 39.8 Å². The molecule has 0 aliphatic rings. The highest BCUT2D eigenvalue weighted by molar-refractivity contribution is 5.47. The van der Waals surface area contributed by atoms with Gasteiger partial charge in [0.25, 0.3) is 0 Å². The molecule has 0 saturated carbocycles. The van der Waals surface area contributed by atoms with Crippen LogP contribution in [-0.4, -0.2) is 57.0 Å². The van der Waals surface area contributed by atoms with Gasteiger partial charge in [0.15, 0.2) is 6.04 Å². The number of nitrogens with one attached hydrogen (secondary N) is 1. The van der Waals surface area contributed by atoms with Crippen LogP contribution in [0.4, 0.5) is 5.95 Å². The molecule has 0 spiro atoms. The molecule has 0 amide bonds. The third-order valence-electron chi connectivity index (χ3n) is 9.47. The fourth-order valence-electron chi connectivity index (χ4n) is 6.56. The molecule has 0 fully saturated rings. The minimum Gasteiger partial charge on any atom is -0.497 e. The van der Waals surface area contributed by atoms with E-state index in [1.165, 1.54) is 0 Å². The summed E-state index contributed by atoms with van der Waals surface area (Å²) in [4.78, 5) is 14.7. The lowest BCUT2D eigenvalue weighted by molar-refractivity contribution is -0.115. The van der Waals surface area contributed by atoms with E-state index in [1.54, 1.807) is 26.6 Å². The quantitative estimate of drug-likeness (QED) is 0.0498. The Kier molecular flexibility index (Phi) is 13.7. The van der Waals surface area contributed by atoms with E-state index in [0.29, 0.717) is 11.5 Å².